The summed E-state index contributed by atoms with van der Waals surface area (Å²) < 4.78 is 10.1. The maximum absolute atomic E-state index is 11.7. The minimum absolute atomic E-state index is 0.131. The summed E-state index contributed by atoms with van der Waals surface area (Å²) in [5, 5.41) is 23.4. The summed E-state index contributed by atoms with van der Waals surface area (Å²) in [6.45, 7) is 1.58. The molecule has 21 heavy (non-hydrogen) atoms. The van der Waals surface area contributed by atoms with Crippen molar-refractivity contribution in [3.63, 3.8) is 0 Å². The van der Waals surface area contributed by atoms with Gasteiger partial charge in [-0.1, -0.05) is 5.16 Å². The number of aliphatic hydroxyl groups is 1. The van der Waals surface area contributed by atoms with Gasteiger partial charge in [-0.15, -0.1) is 10.2 Å². The fourth-order valence-corrected chi connectivity index (χ4v) is 2.37. The van der Waals surface area contributed by atoms with Crippen LogP contribution in [0.4, 0.5) is 0 Å². The molecule has 1 amide bonds. The Hall–Kier alpha value is -2.22. The fraction of sp³-hybridized carbons (Fsp3) is 0.538. The predicted octanol–water partition coefficient (Wildman–Crippen LogP) is 0.862. The van der Waals surface area contributed by atoms with Crippen LogP contribution in [0.25, 0.3) is 0 Å². The highest BCUT2D eigenvalue weighted by molar-refractivity contribution is 5.91. The average Bonchev–Trinajstić information content (AvgIpc) is 3.07. The standard InChI is InChI=1S/C13H16N4O4/c1-7(18)13-17-16-11(20-13)6-8-4-9(5-8)15-12(19)10-2-3-14-21-10/h2-3,7-9,18H,4-6H2,1H3,(H,15,19)/t7-,8?,9?/m1/s1. The fourth-order valence-electron chi connectivity index (χ4n) is 2.37. The molecule has 3 rings (SSSR count). The number of hydrogen-bond donors (Lipinski definition) is 2. The zero-order valence-electron chi connectivity index (χ0n) is 11.5. The molecule has 2 aromatic rings. The summed E-state index contributed by atoms with van der Waals surface area (Å²) in [5.74, 6) is 1.13. The van der Waals surface area contributed by atoms with E-state index in [1.807, 2.05) is 0 Å². The van der Waals surface area contributed by atoms with Crippen LogP contribution < -0.4 is 5.32 Å². The lowest BCUT2D eigenvalue weighted by atomic mass is 9.78. The Labute approximate surface area is 120 Å². The third-order valence-corrected chi connectivity index (χ3v) is 3.54. The molecule has 112 valence electrons. The molecule has 2 aromatic heterocycles. The normalized spacial score (nSPS) is 22.6. The summed E-state index contributed by atoms with van der Waals surface area (Å²) in [6, 6.07) is 1.66. The largest absolute Gasteiger partial charge is 0.422 e. The zero-order valence-corrected chi connectivity index (χ0v) is 11.5. The van der Waals surface area contributed by atoms with Crippen LogP contribution in [0.2, 0.25) is 0 Å². The van der Waals surface area contributed by atoms with Crippen molar-refractivity contribution in [3.05, 3.63) is 29.8 Å². The third kappa shape index (κ3) is 3.10. The van der Waals surface area contributed by atoms with Crippen LogP contribution in [0.1, 0.15) is 48.2 Å². The molecule has 2 heterocycles. The van der Waals surface area contributed by atoms with E-state index in [4.69, 9.17) is 8.94 Å². The first-order valence-electron chi connectivity index (χ1n) is 6.83. The van der Waals surface area contributed by atoms with Crippen molar-refractivity contribution in [2.45, 2.75) is 38.3 Å². The molecule has 1 atom stereocenters. The second-order valence-electron chi connectivity index (χ2n) is 5.30. The van der Waals surface area contributed by atoms with Crippen molar-refractivity contribution in [1.29, 1.82) is 0 Å². The van der Waals surface area contributed by atoms with E-state index in [-0.39, 0.29) is 23.6 Å². The number of aliphatic hydroxyl groups excluding tert-OH is 1. The van der Waals surface area contributed by atoms with E-state index < -0.39 is 6.10 Å². The highest BCUT2D eigenvalue weighted by Gasteiger charge is 2.32. The molecule has 0 unspecified atom stereocenters. The Kier molecular flexibility index (Phi) is 3.70. The molecule has 0 aliphatic heterocycles. The summed E-state index contributed by atoms with van der Waals surface area (Å²) in [4.78, 5) is 11.7. The van der Waals surface area contributed by atoms with Gasteiger partial charge in [0.1, 0.15) is 6.10 Å². The maximum atomic E-state index is 11.7. The number of aromatic nitrogens is 3. The second-order valence-corrected chi connectivity index (χ2v) is 5.30. The second kappa shape index (κ2) is 5.65. The van der Waals surface area contributed by atoms with Crippen LogP contribution in [0, 0.1) is 5.92 Å². The van der Waals surface area contributed by atoms with Crippen LogP contribution in [0.3, 0.4) is 0 Å². The van der Waals surface area contributed by atoms with Gasteiger partial charge in [0.25, 0.3) is 5.91 Å². The molecule has 0 radical (unpaired) electrons. The summed E-state index contributed by atoms with van der Waals surface area (Å²) in [6.07, 6.45) is 3.06. The Morgan fingerprint density at radius 2 is 2.33 bits per heavy atom. The lowest BCUT2D eigenvalue weighted by Crippen LogP contribution is -2.44. The van der Waals surface area contributed by atoms with Crippen molar-refractivity contribution >= 4 is 5.91 Å². The first-order valence-corrected chi connectivity index (χ1v) is 6.83. The molecule has 0 spiro atoms. The van der Waals surface area contributed by atoms with Crippen LogP contribution in [0.5, 0.6) is 0 Å². The van der Waals surface area contributed by atoms with Crippen molar-refractivity contribution in [1.82, 2.24) is 20.7 Å². The Morgan fingerprint density at radius 1 is 1.52 bits per heavy atom. The van der Waals surface area contributed by atoms with Crippen LogP contribution in [0.15, 0.2) is 21.2 Å². The quantitative estimate of drug-likeness (QED) is 0.840. The Balaban J connectivity index is 1.44. The average molecular weight is 292 g/mol. The minimum Gasteiger partial charge on any atom is -0.422 e. The highest BCUT2D eigenvalue weighted by atomic mass is 16.5. The molecule has 1 fully saturated rings. The summed E-state index contributed by atoms with van der Waals surface area (Å²) in [5.41, 5.74) is 0. The highest BCUT2D eigenvalue weighted by Crippen LogP contribution is 2.30. The lowest BCUT2D eigenvalue weighted by Gasteiger charge is -2.34. The van der Waals surface area contributed by atoms with E-state index in [2.05, 4.69) is 20.7 Å². The molecular formula is C13H16N4O4. The van der Waals surface area contributed by atoms with Crippen LogP contribution in [-0.4, -0.2) is 32.4 Å². The van der Waals surface area contributed by atoms with E-state index in [9.17, 15) is 9.90 Å². The topological polar surface area (TPSA) is 114 Å². The molecule has 0 bridgehead atoms. The van der Waals surface area contributed by atoms with Gasteiger partial charge in [0, 0.05) is 18.5 Å². The van der Waals surface area contributed by atoms with E-state index in [1.54, 1.807) is 6.92 Å². The zero-order chi connectivity index (χ0) is 14.8. The minimum atomic E-state index is -0.749. The molecule has 1 aliphatic rings. The molecule has 8 heteroatoms. The number of carbonyl (C=O) groups is 1. The van der Waals surface area contributed by atoms with Crippen LogP contribution >= 0.6 is 0 Å². The molecule has 0 aromatic carbocycles. The maximum Gasteiger partial charge on any atom is 0.290 e. The summed E-state index contributed by atoms with van der Waals surface area (Å²) >= 11 is 0. The van der Waals surface area contributed by atoms with Gasteiger partial charge in [0.15, 0.2) is 0 Å². The van der Waals surface area contributed by atoms with E-state index in [1.165, 1.54) is 12.3 Å². The van der Waals surface area contributed by atoms with E-state index >= 15 is 0 Å². The van der Waals surface area contributed by atoms with Gasteiger partial charge in [-0.3, -0.25) is 4.79 Å². The molecule has 2 N–H and O–H groups in total. The number of rotatable bonds is 5. The van der Waals surface area contributed by atoms with Gasteiger partial charge in [-0.25, -0.2) is 0 Å². The number of nitrogens with zero attached hydrogens (tertiary/aromatic N) is 3. The van der Waals surface area contributed by atoms with Gasteiger partial charge in [0.05, 0.1) is 6.20 Å². The van der Waals surface area contributed by atoms with Crippen molar-refractivity contribution in [2.24, 2.45) is 5.92 Å². The van der Waals surface area contributed by atoms with Gasteiger partial charge < -0.3 is 19.4 Å². The SMILES string of the molecule is C[C@@H](O)c1nnc(CC2CC(NC(=O)c3ccno3)C2)o1. The smallest absolute Gasteiger partial charge is 0.290 e. The van der Waals surface area contributed by atoms with Crippen molar-refractivity contribution < 1.29 is 18.8 Å². The van der Waals surface area contributed by atoms with Gasteiger partial charge >= 0.3 is 0 Å². The first kappa shape index (κ1) is 13.7. The molecule has 1 aliphatic carbocycles. The van der Waals surface area contributed by atoms with Crippen molar-refractivity contribution in [2.75, 3.05) is 0 Å². The Bertz CT molecular complexity index is 601. The van der Waals surface area contributed by atoms with Crippen LogP contribution in [-0.2, 0) is 6.42 Å². The number of hydrogen-bond acceptors (Lipinski definition) is 7. The number of carbonyl (C=O) groups excluding carboxylic acids is 1. The molecule has 1 saturated carbocycles. The van der Waals surface area contributed by atoms with Crippen molar-refractivity contribution in [3.8, 4) is 0 Å². The number of nitrogens with one attached hydrogen (secondary N) is 1. The molecule has 0 saturated heterocycles. The summed E-state index contributed by atoms with van der Waals surface area (Å²) in [7, 11) is 0. The molecule has 8 nitrogen and oxygen atoms in total. The monoisotopic (exact) mass is 292 g/mol. The molecular weight excluding hydrogens is 276 g/mol. The van der Waals surface area contributed by atoms with Gasteiger partial charge in [-0.05, 0) is 25.7 Å². The first-order chi connectivity index (χ1) is 10.1. The third-order valence-electron chi connectivity index (χ3n) is 3.54. The Morgan fingerprint density at radius 3 is 2.95 bits per heavy atom. The van der Waals surface area contributed by atoms with E-state index in [0.717, 1.165) is 12.8 Å². The lowest BCUT2D eigenvalue weighted by molar-refractivity contribution is 0.0848. The predicted molar refractivity (Wildman–Crippen MR) is 69.1 cm³/mol. The number of amides is 1. The van der Waals surface area contributed by atoms with E-state index in [0.29, 0.717) is 18.2 Å². The van der Waals surface area contributed by atoms with Gasteiger partial charge in [0.2, 0.25) is 17.5 Å². The van der Waals surface area contributed by atoms with Gasteiger partial charge in [-0.2, -0.15) is 0 Å².